The molecule has 0 aromatic heterocycles. The van der Waals surface area contributed by atoms with Crippen LogP contribution in [0.4, 0.5) is 14.9 Å². The van der Waals surface area contributed by atoms with Gasteiger partial charge < -0.3 is 19.9 Å². The Labute approximate surface area is 146 Å². The van der Waals surface area contributed by atoms with E-state index in [0.717, 1.165) is 12.8 Å². The molecule has 0 bridgehead atoms. The zero-order valence-corrected chi connectivity index (χ0v) is 14.6. The van der Waals surface area contributed by atoms with Crippen LogP contribution in [-0.4, -0.2) is 60.6 Å². The van der Waals surface area contributed by atoms with Gasteiger partial charge in [0.15, 0.2) is 0 Å². The van der Waals surface area contributed by atoms with E-state index in [1.807, 2.05) is 0 Å². The lowest BCUT2D eigenvalue weighted by molar-refractivity contribution is -0.148. The van der Waals surface area contributed by atoms with Crippen LogP contribution in [-0.2, 0) is 9.53 Å². The summed E-state index contributed by atoms with van der Waals surface area (Å²) in [5, 5.41) is 2.72. The summed E-state index contributed by atoms with van der Waals surface area (Å²) in [6, 6.07) is 5.61. The number of amides is 3. The van der Waals surface area contributed by atoms with Gasteiger partial charge in [-0.05, 0) is 43.9 Å². The molecule has 0 radical (unpaired) electrons. The number of carbonyl (C=O) groups is 2. The van der Waals surface area contributed by atoms with Gasteiger partial charge in [-0.2, -0.15) is 0 Å². The summed E-state index contributed by atoms with van der Waals surface area (Å²) in [4.78, 5) is 27.7. The van der Waals surface area contributed by atoms with E-state index < -0.39 is 0 Å². The van der Waals surface area contributed by atoms with Crippen molar-refractivity contribution in [2.24, 2.45) is 0 Å². The van der Waals surface area contributed by atoms with E-state index in [4.69, 9.17) is 4.74 Å². The molecule has 0 unspecified atom stereocenters. The van der Waals surface area contributed by atoms with Crippen LogP contribution in [0.25, 0.3) is 0 Å². The van der Waals surface area contributed by atoms with Crippen molar-refractivity contribution in [3.8, 4) is 0 Å². The molecule has 1 spiro atoms. The third-order valence-corrected chi connectivity index (χ3v) is 5.01. The van der Waals surface area contributed by atoms with Crippen molar-refractivity contribution in [1.29, 1.82) is 0 Å². The Hall–Kier alpha value is -2.15. The number of piperidine rings is 1. The molecule has 1 atom stereocenters. The predicted molar refractivity (Wildman–Crippen MR) is 91.8 cm³/mol. The number of likely N-dealkylation sites (N-methyl/N-ethyl adjacent to an activating group) is 1. The summed E-state index contributed by atoms with van der Waals surface area (Å²) in [6.07, 6.45) is 2.62. The zero-order chi connectivity index (χ0) is 18.0. The molecule has 3 rings (SSSR count). The van der Waals surface area contributed by atoms with Crippen molar-refractivity contribution in [3.63, 3.8) is 0 Å². The molecular weight excluding hydrogens is 325 g/mol. The highest BCUT2D eigenvalue weighted by atomic mass is 19.1. The lowest BCUT2D eigenvalue weighted by Gasteiger charge is -2.39. The van der Waals surface area contributed by atoms with Gasteiger partial charge in [0.1, 0.15) is 11.9 Å². The number of hydrogen-bond donors (Lipinski definition) is 1. The van der Waals surface area contributed by atoms with Crippen molar-refractivity contribution in [1.82, 2.24) is 9.80 Å². The van der Waals surface area contributed by atoms with Gasteiger partial charge in [-0.25, -0.2) is 9.18 Å². The largest absolute Gasteiger partial charge is 0.362 e. The average molecular weight is 349 g/mol. The van der Waals surface area contributed by atoms with Crippen LogP contribution >= 0.6 is 0 Å². The maximum absolute atomic E-state index is 13.2. The molecule has 3 amide bonds. The predicted octanol–water partition coefficient (Wildman–Crippen LogP) is 2.46. The van der Waals surface area contributed by atoms with Crippen LogP contribution in [0.15, 0.2) is 24.3 Å². The number of anilines is 1. The average Bonchev–Trinajstić information content (AvgIpc) is 2.98. The van der Waals surface area contributed by atoms with Crippen LogP contribution < -0.4 is 5.32 Å². The van der Waals surface area contributed by atoms with Crippen LogP contribution in [0.2, 0.25) is 0 Å². The summed E-state index contributed by atoms with van der Waals surface area (Å²) in [5.74, 6) is -0.380. The van der Waals surface area contributed by atoms with Gasteiger partial charge in [0.25, 0.3) is 5.91 Å². The fourth-order valence-corrected chi connectivity index (χ4v) is 3.53. The highest BCUT2D eigenvalue weighted by Crippen LogP contribution is 2.39. The number of halogens is 1. The lowest BCUT2D eigenvalue weighted by Crippen LogP contribution is -2.48. The van der Waals surface area contributed by atoms with Crippen LogP contribution in [0, 0.1) is 5.82 Å². The third-order valence-electron chi connectivity index (χ3n) is 5.01. The second kappa shape index (κ2) is 7.00. The van der Waals surface area contributed by atoms with E-state index in [-0.39, 0.29) is 29.5 Å². The summed E-state index contributed by atoms with van der Waals surface area (Å²) >= 11 is 0. The molecule has 6 nitrogen and oxygen atoms in total. The quantitative estimate of drug-likeness (QED) is 0.892. The molecule has 1 N–H and O–H groups in total. The summed E-state index contributed by atoms with van der Waals surface area (Å²) in [6.45, 7) is 1.12. The summed E-state index contributed by atoms with van der Waals surface area (Å²) in [7, 11) is 3.46. The maximum Gasteiger partial charge on any atom is 0.321 e. The highest BCUT2D eigenvalue weighted by molar-refractivity contribution is 5.89. The molecule has 25 heavy (non-hydrogen) atoms. The molecular formula is C18H24FN3O3. The molecule has 136 valence electrons. The standard InChI is InChI=1S/C18H24FN3O3/c1-21(2)16(23)15-6-7-18(25-15)8-10-22(11-9-18)17(24)20-14-5-3-4-13(19)12-14/h3-5,12,15H,6-11H2,1-2H3,(H,20,24)/t15-/m0/s1. The van der Waals surface area contributed by atoms with E-state index in [9.17, 15) is 14.0 Å². The maximum atomic E-state index is 13.2. The van der Waals surface area contributed by atoms with Crippen molar-refractivity contribution >= 4 is 17.6 Å². The Balaban J connectivity index is 1.53. The molecule has 7 heteroatoms. The molecule has 2 saturated heterocycles. The minimum absolute atomic E-state index is 0.00292. The van der Waals surface area contributed by atoms with Gasteiger partial charge in [0.2, 0.25) is 0 Å². The highest BCUT2D eigenvalue weighted by Gasteiger charge is 2.45. The molecule has 1 aromatic rings. The molecule has 0 aliphatic carbocycles. The van der Waals surface area contributed by atoms with Crippen LogP contribution in [0.5, 0.6) is 0 Å². The number of rotatable bonds is 2. The van der Waals surface area contributed by atoms with Crippen LogP contribution in [0.3, 0.4) is 0 Å². The van der Waals surface area contributed by atoms with Crippen molar-refractivity contribution in [2.75, 3.05) is 32.5 Å². The fraction of sp³-hybridized carbons (Fsp3) is 0.556. The molecule has 0 saturated carbocycles. The molecule has 1 aromatic carbocycles. The Kier molecular flexibility index (Phi) is 4.94. The Morgan fingerprint density at radius 1 is 1.28 bits per heavy atom. The van der Waals surface area contributed by atoms with Gasteiger partial charge in [-0.3, -0.25) is 4.79 Å². The molecule has 2 aliphatic heterocycles. The van der Waals surface area contributed by atoms with Gasteiger partial charge in [-0.1, -0.05) is 6.07 Å². The van der Waals surface area contributed by atoms with Crippen molar-refractivity contribution in [2.45, 2.75) is 37.4 Å². The topological polar surface area (TPSA) is 61.9 Å². The first kappa shape index (κ1) is 17.7. The fourth-order valence-electron chi connectivity index (χ4n) is 3.53. The second-order valence-corrected chi connectivity index (χ2v) is 6.99. The normalized spacial score (nSPS) is 22.0. The monoisotopic (exact) mass is 349 g/mol. The number of ether oxygens (including phenoxy) is 1. The summed E-state index contributed by atoms with van der Waals surface area (Å²) < 4.78 is 19.3. The minimum atomic E-state index is -0.383. The number of benzene rings is 1. The zero-order valence-electron chi connectivity index (χ0n) is 14.6. The number of carbonyl (C=O) groups excluding carboxylic acids is 2. The van der Waals surface area contributed by atoms with Gasteiger partial charge in [0.05, 0.1) is 5.60 Å². The SMILES string of the molecule is CN(C)C(=O)[C@@H]1CCC2(CCN(C(=O)Nc3cccc(F)c3)CC2)O1. The van der Waals surface area contributed by atoms with Gasteiger partial charge in [-0.15, -0.1) is 0 Å². The first-order chi connectivity index (χ1) is 11.9. The number of nitrogens with one attached hydrogen (secondary N) is 1. The lowest BCUT2D eigenvalue weighted by atomic mass is 9.88. The number of nitrogens with zero attached hydrogens (tertiary/aromatic N) is 2. The van der Waals surface area contributed by atoms with E-state index in [1.54, 1.807) is 36.0 Å². The van der Waals surface area contributed by atoms with Crippen molar-refractivity contribution < 1.29 is 18.7 Å². The van der Waals surface area contributed by atoms with E-state index in [1.165, 1.54) is 12.1 Å². The Morgan fingerprint density at radius 3 is 2.64 bits per heavy atom. The Morgan fingerprint density at radius 2 is 2.00 bits per heavy atom. The van der Waals surface area contributed by atoms with E-state index in [0.29, 0.717) is 31.6 Å². The van der Waals surface area contributed by atoms with Crippen molar-refractivity contribution in [3.05, 3.63) is 30.1 Å². The number of hydrogen-bond acceptors (Lipinski definition) is 3. The van der Waals surface area contributed by atoms with Crippen LogP contribution in [0.1, 0.15) is 25.7 Å². The first-order valence-corrected chi connectivity index (χ1v) is 8.59. The number of likely N-dealkylation sites (tertiary alicyclic amines) is 1. The molecule has 2 heterocycles. The Bertz CT molecular complexity index is 657. The summed E-state index contributed by atoms with van der Waals surface area (Å²) in [5.41, 5.74) is 0.144. The molecule has 2 fully saturated rings. The third kappa shape index (κ3) is 3.92. The first-order valence-electron chi connectivity index (χ1n) is 8.59. The van der Waals surface area contributed by atoms with Gasteiger partial charge >= 0.3 is 6.03 Å². The number of urea groups is 1. The second-order valence-electron chi connectivity index (χ2n) is 6.99. The smallest absolute Gasteiger partial charge is 0.321 e. The molecule has 2 aliphatic rings. The van der Waals surface area contributed by atoms with E-state index >= 15 is 0 Å². The van der Waals surface area contributed by atoms with Gasteiger partial charge in [0, 0.05) is 32.9 Å². The van der Waals surface area contributed by atoms with E-state index in [2.05, 4.69) is 5.32 Å². The minimum Gasteiger partial charge on any atom is -0.362 e.